The third-order valence-electron chi connectivity index (χ3n) is 2.73. The summed E-state index contributed by atoms with van der Waals surface area (Å²) in [6, 6.07) is 4.80. The molecule has 1 aromatic rings. The third kappa shape index (κ3) is 3.41. The molecule has 0 amide bonds. The predicted octanol–water partition coefficient (Wildman–Crippen LogP) is 2.09. The highest BCUT2D eigenvalue weighted by Crippen LogP contribution is 2.24. The molecule has 0 aliphatic rings. The molecule has 0 unspecified atom stereocenters. The van der Waals surface area contributed by atoms with Gasteiger partial charge in [0.2, 0.25) is 0 Å². The fraction of sp³-hybridized carbons (Fsp3) is 0.538. The van der Waals surface area contributed by atoms with Crippen LogP contribution < -0.4 is 4.90 Å². The highest BCUT2D eigenvalue weighted by Gasteiger charge is 2.15. The molecule has 1 aromatic carbocycles. The zero-order valence-electron chi connectivity index (χ0n) is 10.5. The first-order valence-corrected chi connectivity index (χ1v) is 5.82. The Morgan fingerprint density at radius 3 is 2.35 bits per heavy atom. The molecule has 0 aliphatic carbocycles. The number of hydrogen-bond donors (Lipinski definition) is 2. The molecule has 0 radical (unpaired) electrons. The van der Waals surface area contributed by atoms with Crippen molar-refractivity contribution < 1.29 is 14.6 Å². The van der Waals surface area contributed by atoms with E-state index in [0.29, 0.717) is 17.8 Å². The van der Waals surface area contributed by atoms with Gasteiger partial charge in [-0.05, 0) is 38.5 Å². The molecule has 0 aliphatic heterocycles. The Kier molecular flexibility index (Phi) is 4.90. The normalized spacial score (nSPS) is 12.9. The van der Waals surface area contributed by atoms with Gasteiger partial charge >= 0.3 is 0 Å². The van der Waals surface area contributed by atoms with E-state index in [1.807, 2.05) is 13.8 Å². The van der Waals surface area contributed by atoms with E-state index in [2.05, 4.69) is 0 Å². The van der Waals surface area contributed by atoms with Crippen molar-refractivity contribution in [3.8, 4) is 0 Å². The van der Waals surface area contributed by atoms with Crippen molar-refractivity contribution in [2.24, 2.45) is 0 Å². The predicted molar refractivity (Wildman–Crippen MR) is 66.6 cm³/mol. The number of rotatable bonds is 5. The molecule has 0 fully saturated rings. The Morgan fingerprint density at radius 1 is 1.29 bits per heavy atom. The molecule has 17 heavy (non-hydrogen) atoms. The van der Waals surface area contributed by atoms with Gasteiger partial charge in [-0.2, -0.15) is 0 Å². The monoisotopic (exact) mass is 241 g/mol. The zero-order chi connectivity index (χ0) is 13.0. The number of halogens is 1. The summed E-state index contributed by atoms with van der Waals surface area (Å²) in [5.74, 6) is -0.370. The Balaban J connectivity index is 3.04. The standard InChI is InChI=1S/C13H20FNO2/c1-9(2)15(6-7-16)13-5-4-11(10(3)17)8-12(13)14/h4-5,8-10,16-17H,6-7H2,1-3H3/t10-/m0/s1. The van der Waals surface area contributed by atoms with E-state index in [4.69, 9.17) is 5.11 Å². The van der Waals surface area contributed by atoms with Crippen LogP contribution in [-0.2, 0) is 0 Å². The van der Waals surface area contributed by atoms with Crippen molar-refractivity contribution in [1.82, 2.24) is 0 Å². The second-order valence-electron chi connectivity index (χ2n) is 4.40. The SMILES string of the molecule is CC(C)N(CCO)c1ccc([C@H](C)O)cc1F. The van der Waals surface area contributed by atoms with Gasteiger partial charge in [0, 0.05) is 12.6 Å². The second kappa shape index (κ2) is 5.98. The van der Waals surface area contributed by atoms with E-state index < -0.39 is 6.10 Å². The molecule has 0 heterocycles. The van der Waals surface area contributed by atoms with Crippen LogP contribution in [0.25, 0.3) is 0 Å². The summed E-state index contributed by atoms with van der Waals surface area (Å²) in [4.78, 5) is 1.79. The summed E-state index contributed by atoms with van der Waals surface area (Å²) >= 11 is 0. The average Bonchev–Trinajstić information content (AvgIpc) is 2.26. The summed E-state index contributed by atoms with van der Waals surface area (Å²) < 4.78 is 13.9. The molecule has 0 saturated carbocycles. The van der Waals surface area contributed by atoms with Crippen molar-refractivity contribution >= 4 is 5.69 Å². The van der Waals surface area contributed by atoms with Crippen LogP contribution in [0.1, 0.15) is 32.4 Å². The topological polar surface area (TPSA) is 43.7 Å². The maximum absolute atomic E-state index is 13.9. The van der Waals surface area contributed by atoms with E-state index >= 15 is 0 Å². The van der Waals surface area contributed by atoms with Gasteiger partial charge in [-0.1, -0.05) is 6.07 Å². The Morgan fingerprint density at radius 2 is 1.94 bits per heavy atom. The summed E-state index contributed by atoms with van der Waals surface area (Å²) in [6.45, 7) is 5.86. The molecule has 4 heteroatoms. The number of anilines is 1. The first-order chi connectivity index (χ1) is 7.97. The fourth-order valence-electron chi connectivity index (χ4n) is 1.78. The quantitative estimate of drug-likeness (QED) is 0.829. The van der Waals surface area contributed by atoms with Crippen LogP contribution in [0.2, 0.25) is 0 Å². The lowest BCUT2D eigenvalue weighted by molar-refractivity contribution is 0.199. The molecule has 0 bridgehead atoms. The van der Waals surface area contributed by atoms with E-state index in [9.17, 15) is 9.50 Å². The summed E-state index contributed by atoms with van der Waals surface area (Å²) in [6.07, 6.45) is -0.677. The lowest BCUT2D eigenvalue weighted by Crippen LogP contribution is -2.34. The van der Waals surface area contributed by atoms with Gasteiger partial charge in [0.05, 0.1) is 18.4 Å². The van der Waals surface area contributed by atoms with Crippen molar-refractivity contribution in [2.75, 3.05) is 18.1 Å². The molecular formula is C13H20FNO2. The van der Waals surface area contributed by atoms with Gasteiger partial charge in [0.25, 0.3) is 0 Å². The minimum Gasteiger partial charge on any atom is -0.395 e. The van der Waals surface area contributed by atoms with E-state index in [1.165, 1.54) is 6.07 Å². The smallest absolute Gasteiger partial charge is 0.146 e. The van der Waals surface area contributed by atoms with Crippen LogP contribution in [0.15, 0.2) is 18.2 Å². The van der Waals surface area contributed by atoms with Gasteiger partial charge in [-0.3, -0.25) is 0 Å². The van der Waals surface area contributed by atoms with E-state index in [1.54, 1.807) is 24.0 Å². The molecule has 0 saturated heterocycles. The molecular weight excluding hydrogens is 221 g/mol. The van der Waals surface area contributed by atoms with Crippen molar-refractivity contribution in [3.05, 3.63) is 29.6 Å². The number of aliphatic hydroxyl groups excluding tert-OH is 2. The average molecular weight is 241 g/mol. The number of aliphatic hydroxyl groups is 2. The van der Waals surface area contributed by atoms with Crippen molar-refractivity contribution in [1.29, 1.82) is 0 Å². The van der Waals surface area contributed by atoms with E-state index in [0.717, 1.165) is 0 Å². The fourth-order valence-corrected chi connectivity index (χ4v) is 1.78. The Bertz CT molecular complexity index is 366. The zero-order valence-corrected chi connectivity index (χ0v) is 10.5. The van der Waals surface area contributed by atoms with Gasteiger partial charge < -0.3 is 15.1 Å². The molecule has 0 aromatic heterocycles. The largest absolute Gasteiger partial charge is 0.395 e. The summed E-state index contributed by atoms with van der Waals surface area (Å²) in [5.41, 5.74) is 1.01. The number of benzene rings is 1. The van der Waals surface area contributed by atoms with Gasteiger partial charge in [0.1, 0.15) is 5.82 Å². The maximum Gasteiger partial charge on any atom is 0.146 e. The van der Waals surface area contributed by atoms with Crippen LogP contribution in [0, 0.1) is 5.82 Å². The molecule has 96 valence electrons. The van der Waals surface area contributed by atoms with Crippen LogP contribution >= 0.6 is 0 Å². The first kappa shape index (κ1) is 13.9. The Hall–Kier alpha value is -1.13. The number of hydrogen-bond acceptors (Lipinski definition) is 3. The van der Waals surface area contributed by atoms with E-state index in [-0.39, 0.29) is 18.5 Å². The molecule has 3 nitrogen and oxygen atoms in total. The summed E-state index contributed by atoms with van der Waals surface area (Å²) in [5, 5.41) is 18.3. The van der Waals surface area contributed by atoms with Crippen LogP contribution in [-0.4, -0.2) is 29.4 Å². The highest BCUT2D eigenvalue weighted by molar-refractivity contribution is 5.50. The summed E-state index contributed by atoms with van der Waals surface area (Å²) in [7, 11) is 0. The van der Waals surface area contributed by atoms with Crippen LogP contribution in [0.3, 0.4) is 0 Å². The second-order valence-corrected chi connectivity index (χ2v) is 4.40. The van der Waals surface area contributed by atoms with Crippen LogP contribution in [0.5, 0.6) is 0 Å². The minimum absolute atomic E-state index is 0.0181. The molecule has 0 spiro atoms. The van der Waals surface area contributed by atoms with Crippen molar-refractivity contribution in [3.63, 3.8) is 0 Å². The van der Waals surface area contributed by atoms with Crippen molar-refractivity contribution in [2.45, 2.75) is 32.9 Å². The van der Waals surface area contributed by atoms with Gasteiger partial charge in [-0.25, -0.2) is 4.39 Å². The first-order valence-electron chi connectivity index (χ1n) is 5.82. The molecule has 1 rings (SSSR count). The van der Waals surface area contributed by atoms with Gasteiger partial charge in [-0.15, -0.1) is 0 Å². The van der Waals surface area contributed by atoms with Gasteiger partial charge in [0.15, 0.2) is 0 Å². The Labute approximate surface area is 101 Å². The molecule has 2 N–H and O–H groups in total. The number of nitrogens with zero attached hydrogens (tertiary/aromatic N) is 1. The van der Waals surface area contributed by atoms with Crippen LogP contribution in [0.4, 0.5) is 10.1 Å². The third-order valence-corrected chi connectivity index (χ3v) is 2.73. The lowest BCUT2D eigenvalue weighted by Gasteiger charge is -2.28. The minimum atomic E-state index is -0.677. The molecule has 1 atom stereocenters. The maximum atomic E-state index is 13.9. The lowest BCUT2D eigenvalue weighted by atomic mass is 10.1. The highest BCUT2D eigenvalue weighted by atomic mass is 19.1.